The third kappa shape index (κ3) is 4.14. The first kappa shape index (κ1) is 21.0. The van der Waals surface area contributed by atoms with E-state index in [2.05, 4.69) is 10.2 Å². The number of benzene rings is 1. The van der Waals surface area contributed by atoms with E-state index in [0.29, 0.717) is 24.9 Å². The van der Waals surface area contributed by atoms with Crippen LogP contribution in [0.4, 0.5) is 17.6 Å². The van der Waals surface area contributed by atoms with E-state index >= 15 is 0 Å². The van der Waals surface area contributed by atoms with Crippen molar-refractivity contribution < 1.29 is 27.2 Å². The molecule has 0 radical (unpaired) electrons. The molecule has 0 spiro atoms. The lowest BCUT2D eigenvalue weighted by Gasteiger charge is -2.23. The fourth-order valence-electron chi connectivity index (χ4n) is 3.86. The summed E-state index contributed by atoms with van der Waals surface area (Å²) in [5.41, 5.74) is -0.888. The fourth-order valence-corrected chi connectivity index (χ4v) is 3.86. The van der Waals surface area contributed by atoms with E-state index in [9.17, 15) is 27.2 Å². The summed E-state index contributed by atoms with van der Waals surface area (Å²) in [7, 11) is 0. The summed E-state index contributed by atoms with van der Waals surface area (Å²) in [6.07, 6.45) is -2.04. The van der Waals surface area contributed by atoms with Gasteiger partial charge in [0, 0.05) is 31.1 Å². The second kappa shape index (κ2) is 8.09. The first-order valence-corrected chi connectivity index (χ1v) is 9.75. The summed E-state index contributed by atoms with van der Waals surface area (Å²) in [6.45, 7) is 0.419. The standard InChI is InChI=1S/C21H18F4N4O2/c22-14-7-5-13(6-8-14)17(30)9-10-18(31)28-11-2-4-16(28)20-27-26-19-15(21(23,24)25)3-1-12-29(19)20/h1,3,5-8,12,16H,2,4,9-11H2. The lowest BCUT2D eigenvalue weighted by atomic mass is 10.1. The Morgan fingerprint density at radius 1 is 1.06 bits per heavy atom. The van der Waals surface area contributed by atoms with Gasteiger partial charge in [-0.2, -0.15) is 13.2 Å². The van der Waals surface area contributed by atoms with E-state index in [1.165, 1.54) is 45.8 Å². The third-order valence-electron chi connectivity index (χ3n) is 5.37. The van der Waals surface area contributed by atoms with Gasteiger partial charge in [0.1, 0.15) is 11.4 Å². The Morgan fingerprint density at radius 2 is 1.81 bits per heavy atom. The van der Waals surface area contributed by atoms with Crippen molar-refractivity contribution in [2.75, 3.05) is 6.54 Å². The molecule has 162 valence electrons. The van der Waals surface area contributed by atoms with Crippen LogP contribution in [0.3, 0.4) is 0 Å². The van der Waals surface area contributed by atoms with Gasteiger partial charge in [-0.1, -0.05) is 0 Å². The predicted octanol–water partition coefficient (Wildman–Crippen LogP) is 4.21. The van der Waals surface area contributed by atoms with Crippen LogP contribution in [0.5, 0.6) is 0 Å². The molecule has 31 heavy (non-hydrogen) atoms. The zero-order valence-corrected chi connectivity index (χ0v) is 16.3. The number of hydrogen-bond donors (Lipinski definition) is 0. The Hall–Kier alpha value is -3.30. The molecule has 1 fully saturated rings. The Morgan fingerprint density at radius 3 is 2.52 bits per heavy atom. The molecule has 3 heterocycles. The van der Waals surface area contributed by atoms with Crippen molar-refractivity contribution in [2.45, 2.75) is 37.9 Å². The van der Waals surface area contributed by atoms with Crippen molar-refractivity contribution in [1.29, 1.82) is 0 Å². The van der Waals surface area contributed by atoms with Crippen LogP contribution in [0.1, 0.15) is 53.5 Å². The van der Waals surface area contributed by atoms with Crippen LogP contribution in [0.25, 0.3) is 5.65 Å². The van der Waals surface area contributed by atoms with Crippen LogP contribution >= 0.6 is 0 Å². The molecule has 2 aromatic heterocycles. The monoisotopic (exact) mass is 434 g/mol. The van der Waals surface area contributed by atoms with Gasteiger partial charge in [0.25, 0.3) is 0 Å². The van der Waals surface area contributed by atoms with Crippen molar-refractivity contribution >= 4 is 17.3 Å². The molecule has 0 bridgehead atoms. The maximum atomic E-state index is 13.2. The topological polar surface area (TPSA) is 67.6 Å². The molecule has 3 aromatic rings. The van der Waals surface area contributed by atoms with E-state index < -0.39 is 23.6 Å². The van der Waals surface area contributed by atoms with Gasteiger partial charge in [0.2, 0.25) is 5.91 Å². The maximum absolute atomic E-state index is 13.2. The van der Waals surface area contributed by atoms with Gasteiger partial charge in [-0.25, -0.2) is 4.39 Å². The summed E-state index contributed by atoms with van der Waals surface area (Å²) in [5, 5.41) is 7.67. The van der Waals surface area contributed by atoms with Crippen molar-refractivity contribution in [3.05, 3.63) is 65.4 Å². The van der Waals surface area contributed by atoms with Gasteiger partial charge in [-0.05, 0) is 49.2 Å². The molecule has 1 atom stereocenters. The van der Waals surface area contributed by atoms with Gasteiger partial charge >= 0.3 is 6.18 Å². The zero-order valence-electron chi connectivity index (χ0n) is 16.3. The number of carbonyl (C=O) groups is 2. The lowest BCUT2D eigenvalue weighted by Crippen LogP contribution is -2.31. The highest BCUT2D eigenvalue weighted by atomic mass is 19.4. The number of amides is 1. The number of carbonyl (C=O) groups excluding carboxylic acids is 2. The highest BCUT2D eigenvalue weighted by Gasteiger charge is 2.37. The van der Waals surface area contributed by atoms with Crippen molar-refractivity contribution in [3.63, 3.8) is 0 Å². The van der Waals surface area contributed by atoms with Gasteiger partial charge in [0.15, 0.2) is 17.3 Å². The largest absolute Gasteiger partial charge is 0.420 e. The van der Waals surface area contributed by atoms with Crippen LogP contribution in [-0.2, 0) is 11.0 Å². The molecule has 0 aliphatic carbocycles. The number of nitrogens with zero attached hydrogens (tertiary/aromatic N) is 4. The molecule has 10 heteroatoms. The zero-order chi connectivity index (χ0) is 22.2. The summed E-state index contributed by atoms with van der Waals surface area (Å²) in [6, 6.07) is 6.76. The van der Waals surface area contributed by atoms with Crippen molar-refractivity contribution in [2.24, 2.45) is 0 Å². The van der Waals surface area contributed by atoms with Gasteiger partial charge in [0.05, 0.1) is 6.04 Å². The second-order valence-electron chi connectivity index (χ2n) is 7.35. The molecule has 1 unspecified atom stereocenters. The predicted molar refractivity (Wildman–Crippen MR) is 102 cm³/mol. The van der Waals surface area contributed by atoms with Crippen LogP contribution in [0, 0.1) is 5.82 Å². The fraction of sp³-hybridized carbons (Fsp3) is 0.333. The van der Waals surface area contributed by atoms with Gasteiger partial charge < -0.3 is 4.90 Å². The molecule has 1 aromatic carbocycles. The summed E-state index contributed by atoms with van der Waals surface area (Å²) in [4.78, 5) is 26.6. The van der Waals surface area contributed by atoms with Crippen LogP contribution in [0.15, 0.2) is 42.6 Å². The van der Waals surface area contributed by atoms with Crippen LogP contribution < -0.4 is 0 Å². The molecule has 6 nitrogen and oxygen atoms in total. The van der Waals surface area contributed by atoms with E-state index in [-0.39, 0.29) is 36.0 Å². The summed E-state index contributed by atoms with van der Waals surface area (Å²) >= 11 is 0. The summed E-state index contributed by atoms with van der Waals surface area (Å²) in [5.74, 6) is -0.771. The highest BCUT2D eigenvalue weighted by molar-refractivity contribution is 5.97. The number of pyridine rings is 1. The number of rotatable bonds is 5. The first-order valence-electron chi connectivity index (χ1n) is 9.75. The van der Waals surface area contributed by atoms with E-state index in [0.717, 1.165) is 6.07 Å². The molecule has 0 saturated carbocycles. The lowest BCUT2D eigenvalue weighted by molar-refractivity contribution is -0.136. The molecular formula is C21H18F4N4O2. The number of aromatic nitrogens is 3. The molecule has 4 rings (SSSR count). The van der Waals surface area contributed by atoms with Gasteiger partial charge in [-0.15, -0.1) is 10.2 Å². The average molecular weight is 434 g/mol. The molecule has 1 aliphatic heterocycles. The van der Waals surface area contributed by atoms with Crippen LogP contribution in [-0.4, -0.2) is 37.7 Å². The SMILES string of the molecule is O=C(CCC(=O)N1CCCC1c1nnc2c(C(F)(F)F)cccn12)c1ccc(F)cc1. The number of alkyl halides is 3. The number of likely N-dealkylation sites (tertiary alicyclic amines) is 1. The molecule has 1 aliphatic rings. The van der Waals surface area contributed by atoms with Gasteiger partial charge in [-0.3, -0.25) is 14.0 Å². The Bertz CT molecular complexity index is 1120. The smallest absolute Gasteiger partial charge is 0.332 e. The Kier molecular flexibility index (Phi) is 5.47. The molecule has 1 saturated heterocycles. The number of ketones is 1. The number of Topliss-reactive ketones (excluding diaryl/α,β-unsaturated/α-hetero) is 1. The molecular weight excluding hydrogens is 416 g/mol. The Balaban J connectivity index is 1.51. The van der Waals surface area contributed by atoms with E-state index in [1.807, 2.05) is 0 Å². The van der Waals surface area contributed by atoms with E-state index in [4.69, 9.17) is 0 Å². The second-order valence-corrected chi connectivity index (χ2v) is 7.35. The minimum absolute atomic E-state index is 0.0491. The number of hydrogen-bond acceptors (Lipinski definition) is 4. The minimum Gasteiger partial charge on any atom is -0.332 e. The number of fused-ring (bicyclic) bond motifs is 1. The molecule has 1 amide bonds. The average Bonchev–Trinajstić information content (AvgIpc) is 3.38. The normalized spacial score (nSPS) is 16.8. The maximum Gasteiger partial charge on any atom is 0.420 e. The highest BCUT2D eigenvalue weighted by Crippen LogP contribution is 2.35. The molecule has 0 N–H and O–H groups in total. The van der Waals surface area contributed by atoms with E-state index in [1.54, 1.807) is 0 Å². The van der Waals surface area contributed by atoms with Crippen molar-refractivity contribution in [1.82, 2.24) is 19.5 Å². The first-order chi connectivity index (χ1) is 14.8. The summed E-state index contributed by atoms with van der Waals surface area (Å²) < 4.78 is 54.0. The third-order valence-corrected chi connectivity index (χ3v) is 5.37. The quantitative estimate of drug-likeness (QED) is 0.446. The van der Waals surface area contributed by atoms with Crippen LogP contribution in [0.2, 0.25) is 0 Å². The number of halogens is 4. The Labute approximate surface area is 174 Å². The minimum atomic E-state index is -4.57. The van der Waals surface area contributed by atoms with Crippen molar-refractivity contribution in [3.8, 4) is 0 Å².